The van der Waals surface area contributed by atoms with Crippen LogP contribution in [0.5, 0.6) is 0 Å². The molecule has 0 aliphatic carbocycles. The number of unbranched alkanes of at least 4 members (excludes halogenated alkanes) is 39. The van der Waals surface area contributed by atoms with Gasteiger partial charge in [-0.05, 0) is 77.0 Å². The van der Waals surface area contributed by atoms with Crippen LogP contribution in [0.4, 0.5) is 0 Å². The molecule has 0 saturated heterocycles. The molecular formula is C59H113NO5. The summed E-state index contributed by atoms with van der Waals surface area (Å²) < 4.78 is 5.46. The monoisotopic (exact) mass is 916 g/mol. The quantitative estimate of drug-likeness (QED) is 0.0321. The van der Waals surface area contributed by atoms with Gasteiger partial charge in [0.05, 0.1) is 25.4 Å². The highest BCUT2D eigenvalue weighted by Crippen LogP contribution is 2.17. The van der Waals surface area contributed by atoms with Gasteiger partial charge in [0.25, 0.3) is 0 Å². The van der Waals surface area contributed by atoms with E-state index in [4.69, 9.17) is 4.74 Å². The molecule has 0 bridgehead atoms. The number of esters is 1. The van der Waals surface area contributed by atoms with Gasteiger partial charge in [0.1, 0.15) is 0 Å². The highest BCUT2D eigenvalue weighted by atomic mass is 16.5. The fraction of sp³-hybridized carbons (Fsp3) is 0.898. The fourth-order valence-electron chi connectivity index (χ4n) is 8.98. The maximum Gasteiger partial charge on any atom is 0.305 e. The van der Waals surface area contributed by atoms with Crippen LogP contribution in [0.3, 0.4) is 0 Å². The largest absolute Gasteiger partial charge is 0.466 e. The van der Waals surface area contributed by atoms with Crippen molar-refractivity contribution in [3.8, 4) is 0 Å². The third kappa shape index (κ3) is 51.6. The molecule has 0 aliphatic heterocycles. The lowest BCUT2D eigenvalue weighted by atomic mass is 10.0. The summed E-state index contributed by atoms with van der Waals surface area (Å²) >= 11 is 0. The van der Waals surface area contributed by atoms with E-state index in [9.17, 15) is 19.8 Å². The average Bonchev–Trinajstić information content (AvgIpc) is 3.31. The van der Waals surface area contributed by atoms with E-state index in [1.165, 1.54) is 212 Å². The summed E-state index contributed by atoms with van der Waals surface area (Å²) in [5.41, 5.74) is 0. The Labute approximate surface area is 405 Å². The molecule has 0 aromatic carbocycles. The van der Waals surface area contributed by atoms with Gasteiger partial charge < -0.3 is 20.3 Å². The molecule has 0 radical (unpaired) electrons. The number of carbonyl (C=O) groups excluding carboxylic acids is 2. The van der Waals surface area contributed by atoms with Crippen LogP contribution in [0.25, 0.3) is 0 Å². The zero-order valence-electron chi connectivity index (χ0n) is 43.7. The second-order valence-electron chi connectivity index (χ2n) is 20.0. The van der Waals surface area contributed by atoms with Gasteiger partial charge in [0.15, 0.2) is 0 Å². The first-order chi connectivity index (χ1) is 32.0. The molecule has 6 nitrogen and oxygen atoms in total. The van der Waals surface area contributed by atoms with Gasteiger partial charge in [-0.3, -0.25) is 9.59 Å². The number of carbonyl (C=O) groups is 2. The van der Waals surface area contributed by atoms with E-state index in [1.54, 1.807) is 0 Å². The molecule has 0 saturated carbocycles. The van der Waals surface area contributed by atoms with Crippen LogP contribution in [0, 0.1) is 0 Å². The van der Waals surface area contributed by atoms with Crippen LogP contribution in [-0.4, -0.2) is 47.4 Å². The van der Waals surface area contributed by atoms with Crippen LogP contribution >= 0.6 is 0 Å². The van der Waals surface area contributed by atoms with Crippen LogP contribution in [0.1, 0.15) is 316 Å². The molecule has 0 aromatic rings. The number of allylic oxidation sites excluding steroid dienone is 4. The number of amides is 1. The second kappa shape index (κ2) is 54.9. The van der Waals surface area contributed by atoms with E-state index in [0.29, 0.717) is 25.9 Å². The van der Waals surface area contributed by atoms with E-state index >= 15 is 0 Å². The Bertz CT molecular complexity index is 1010. The summed E-state index contributed by atoms with van der Waals surface area (Å²) in [4.78, 5) is 24.5. The number of nitrogens with one attached hydrogen (secondary N) is 1. The fourth-order valence-corrected chi connectivity index (χ4v) is 8.98. The van der Waals surface area contributed by atoms with Gasteiger partial charge in [-0.25, -0.2) is 0 Å². The minimum atomic E-state index is -0.674. The lowest BCUT2D eigenvalue weighted by Crippen LogP contribution is -2.45. The molecule has 0 aromatic heterocycles. The summed E-state index contributed by atoms with van der Waals surface area (Å²) in [5, 5.41) is 23.3. The van der Waals surface area contributed by atoms with E-state index in [1.807, 2.05) is 0 Å². The molecule has 65 heavy (non-hydrogen) atoms. The predicted molar refractivity (Wildman–Crippen MR) is 283 cm³/mol. The smallest absolute Gasteiger partial charge is 0.305 e. The average molecular weight is 917 g/mol. The number of ether oxygens (including phenoxy) is 1. The number of hydrogen-bond donors (Lipinski definition) is 3. The van der Waals surface area contributed by atoms with Gasteiger partial charge in [-0.2, -0.15) is 0 Å². The summed E-state index contributed by atoms with van der Waals surface area (Å²) in [6, 6.07) is -0.553. The lowest BCUT2D eigenvalue weighted by molar-refractivity contribution is -0.143. The third-order valence-electron chi connectivity index (χ3n) is 13.5. The first-order valence-electron chi connectivity index (χ1n) is 29.1. The van der Waals surface area contributed by atoms with Gasteiger partial charge in [-0.1, -0.05) is 250 Å². The van der Waals surface area contributed by atoms with Crippen LogP contribution < -0.4 is 5.32 Å². The number of aliphatic hydroxyl groups excluding tert-OH is 2. The highest BCUT2D eigenvalue weighted by Gasteiger charge is 2.20. The minimum Gasteiger partial charge on any atom is -0.466 e. The minimum absolute atomic E-state index is 0.0170. The normalized spacial score (nSPS) is 12.7. The molecular weight excluding hydrogens is 803 g/mol. The molecule has 6 heteroatoms. The first-order valence-corrected chi connectivity index (χ1v) is 29.1. The van der Waals surface area contributed by atoms with Crippen molar-refractivity contribution in [1.82, 2.24) is 5.32 Å². The molecule has 1 amide bonds. The Balaban J connectivity index is 3.47. The van der Waals surface area contributed by atoms with Crippen molar-refractivity contribution in [3.63, 3.8) is 0 Å². The highest BCUT2D eigenvalue weighted by molar-refractivity contribution is 5.76. The molecule has 2 atom stereocenters. The van der Waals surface area contributed by atoms with Gasteiger partial charge in [-0.15, -0.1) is 0 Å². The lowest BCUT2D eigenvalue weighted by Gasteiger charge is -2.22. The third-order valence-corrected chi connectivity index (χ3v) is 13.5. The zero-order valence-corrected chi connectivity index (χ0v) is 43.7. The van der Waals surface area contributed by atoms with E-state index in [-0.39, 0.29) is 18.5 Å². The number of aliphatic hydroxyl groups is 2. The molecule has 3 N–H and O–H groups in total. The van der Waals surface area contributed by atoms with Crippen molar-refractivity contribution in [3.05, 3.63) is 24.3 Å². The van der Waals surface area contributed by atoms with Gasteiger partial charge >= 0.3 is 5.97 Å². The molecule has 2 unspecified atom stereocenters. The van der Waals surface area contributed by atoms with Crippen molar-refractivity contribution in [2.45, 2.75) is 328 Å². The zero-order chi connectivity index (χ0) is 47.2. The van der Waals surface area contributed by atoms with Crippen molar-refractivity contribution in [2.75, 3.05) is 13.2 Å². The Morgan fingerprint density at radius 1 is 0.415 bits per heavy atom. The molecule has 0 spiro atoms. The van der Waals surface area contributed by atoms with E-state index < -0.39 is 12.1 Å². The maximum atomic E-state index is 12.5. The molecule has 0 aliphatic rings. The van der Waals surface area contributed by atoms with Crippen molar-refractivity contribution >= 4 is 11.9 Å². The number of rotatable bonds is 54. The van der Waals surface area contributed by atoms with Crippen molar-refractivity contribution in [2.24, 2.45) is 0 Å². The van der Waals surface area contributed by atoms with Crippen LogP contribution in [0.15, 0.2) is 24.3 Å². The first kappa shape index (κ1) is 63.3. The Hall–Kier alpha value is -1.66. The Morgan fingerprint density at radius 3 is 1.09 bits per heavy atom. The maximum absolute atomic E-state index is 12.5. The number of hydrogen-bond acceptors (Lipinski definition) is 5. The summed E-state index contributed by atoms with van der Waals surface area (Å²) in [6.07, 6.45) is 65.9. The van der Waals surface area contributed by atoms with Crippen LogP contribution in [-0.2, 0) is 14.3 Å². The van der Waals surface area contributed by atoms with Crippen molar-refractivity contribution < 1.29 is 24.5 Å². The SMILES string of the molecule is CCCCCCCCC/C=C\CCCCCCCC(=O)OCCCCCC/C=C\CCCCCCCCCC(=O)NC(CO)C(O)CCCCCCCCCCCCCCCCCCC. The van der Waals surface area contributed by atoms with Crippen LogP contribution in [0.2, 0.25) is 0 Å². The van der Waals surface area contributed by atoms with E-state index in [2.05, 4.69) is 43.5 Å². The summed E-state index contributed by atoms with van der Waals surface area (Å²) in [6.45, 7) is 4.93. The Morgan fingerprint density at radius 2 is 0.723 bits per heavy atom. The predicted octanol–water partition coefficient (Wildman–Crippen LogP) is 17.9. The summed E-state index contributed by atoms with van der Waals surface area (Å²) in [5.74, 6) is -0.0656. The summed E-state index contributed by atoms with van der Waals surface area (Å²) in [7, 11) is 0. The molecule has 0 fully saturated rings. The topological polar surface area (TPSA) is 95.9 Å². The second-order valence-corrected chi connectivity index (χ2v) is 20.0. The van der Waals surface area contributed by atoms with Gasteiger partial charge in [0.2, 0.25) is 5.91 Å². The van der Waals surface area contributed by atoms with Crippen molar-refractivity contribution in [1.29, 1.82) is 0 Å². The Kier molecular flexibility index (Phi) is 53.5. The molecule has 384 valence electrons. The molecule has 0 rings (SSSR count). The van der Waals surface area contributed by atoms with Gasteiger partial charge in [0, 0.05) is 12.8 Å². The standard InChI is InChI=1S/C59H113NO5/c1-3-5-7-9-11-13-15-17-19-21-23-27-31-35-39-43-47-51-57(62)56(55-61)60-58(63)52-48-44-40-36-32-28-24-22-26-30-34-38-42-46-50-54-65-59(64)53-49-45-41-37-33-29-25-20-18-16-14-12-10-8-6-4-2/h20,25-26,30,56-57,61-62H,3-19,21-24,27-29,31-55H2,1-2H3,(H,60,63)/b25-20-,30-26-. The molecule has 0 heterocycles. The van der Waals surface area contributed by atoms with E-state index in [0.717, 1.165) is 70.6 Å².